The molecular weight excluding hydrogens is 288 g/mol. The summed E-state index contributed by atoms with van der Waals surface area (Å²) in [5, 5.41) is 0.533. The molecule has 1 amide bonds. The second-order valence-electron chi connectivity index (χ2n) is 3.13. The summed E-state index contributed by atoms with van der Waals surface area (Å²) in [7, 11) is -2.63. The highest BCUT2D eigenvalue weighted by Crippen LogP contribution is 2.28. The summed E-state index contributed by atoms with van der Waals surface area (Å²) in [5.41, 5.74) is 0. The van der Waals surface area contributed by atoms with Crippen molar-refractivity contribution in [3.05, 3.63) is 0 Å². The van der Waals surface area contributed by atoms with Crippen molar-refractivity contribution in [2.75, 3.05) is 19.0 Å². The summed E-state index contributed by atoms with van der Waals surface area (Å²) < 4.78 is 30.7. The van der Waals surface area contributed by atoms with Gasteiger partial charge in [0.05, 0.1) is 7.11 Å². The molecule has 0 aromatic heterocycles. The molecule has 1 rings (SSSR count). The Morgan fingerprint density at radius 1 is 1.60 bits per heavy atom. The van der Waals surface area contributed by atoms with E-state index in [2.05, 4.69) is 20.7 Å². The molecule has 6 nitrogen and oxygen atoms in total. The lowest BCUT2D eigenvalue weighted by atomic mass is 10.6. The Morgan fingerprint density at radius 3 is 2.60 bits per heavy atom. The number of methoxy groups -OCH3 is 1. The SMILES string of the molecule is COC(=O)NS(=O)(=O)N(CCBr)C1CC1. The van der Waals surface area contributed by atoms with E-state index >= 15 is 0 Å². The average Bonchev–Trinajstić information content (AvgIpc) is 2.96. The fourth-order valence-corrected chi connectivity index (χ4v) is 3.11. The molecule has 0 atom stereocenters. The Morgan fingerprint density at radius 2 is 2.20 bits per heavy atom. The highest BCUT2D eigenvalue weighted by molar-refractivity contribution is 9.09. The van der Waals surface area contributed by atoms with E-state index in [1.54, 1.807) is 0 Å². The minimum absolute atomic E-state index is 0.0182. The van der Waals surface area contributed by atoms with E-state index < -0.39 is 16.3 Å². The third-order valence-corrected chi connectivity index (χ3v) is 3.84. The maximum Gasteiger partial charge on any atom is 0.421 e. The van der Waals surface area contributed by atoms with Gasteiger partial charge in [0.15, 0.2) is 0 Å². The Bertz CT molecular complexity index is 328. The molecule has 8 heteroatoms. The van der Waals surface area contributed by atoms with Gasteiger partial charge in [0.25, 0.3) is 0 Å². The van der Waals surface area contributed by atoms with Crippen molar-refractivity contribution in [1.82, 2.24) is 9.03 Å². The lowest BCUT2D eigenvalue weighted by Crippen LogP contribution is -2.45. The van der Waals surface area contributed by atoms with Gasteiger partial charge in [-0.15, -0.1) is 0 Å². The number of hydrogen-bond acceptors (Lipinski definition) is 4. The first-order chi connectivity index (χ1) is 7.01. The predicted molar refractivity (Wildman–Crippen MR) is 58.0 cm³/mol. The summed E-state index contributed by atoms with van der Waals surface area (Å²) in [4.78, 5) is 10.8. The standard InChI is InChI=1S/C7H13BrN2O4S/c1-14-7(11)9-15(12,13)10(5-4-8)6-2-3-6/h6H,2-5H2,1H3,(H,9,11). The minimum Gasteiger partial charge on any atom is -0.452 e. The van der Waals surface area contributed by atoms with Crippen LogP contribution in [-0.2, 0) is 14.9 Å². The first-order valence-corrected chi connectivity index (χ1v) is 7.01. The van der Waals surface area contributed by atoms with Crippen LogP contribution < -0.4 is 4.72 Å². The van der Waals surface area contributed by atoms with E-state index in [9.17, 15) is 13.2 Å². The van der Waals surface area contributed by atoms with Gasteiger partial charge in [0.2, 0.25) is 0 Å². The zero-order valence-electron chi connectivity index (χ0n) is 8.27. The molecule has 15 heavy (non-hydrogen) atoms. The van der Waals surface area contributed by atoms with Gasteiger partial charge in [-0.2, -0.15) is 12.7 Å². The topological polar surface area (TPSA) is 75.7 Å². The van der Waals surface area contributed by atoms with Crippen LogP contribution in [0.2, 0.25) is 0 Å². The first kappa shape index (κ1) is 12.7. The van der Waals surface area contributed by atoms with Crippen molar-refractivity contribution in [3.63, 3.8) is 0 Å². The molecule has 0 aromatic rings. The number of alkyl halides is 1. The molecule has 0 saturated heterocycles. The van der Waals surface area contributed by atoms with Crippen molar-refractivity contribution >= 4 is 32.2 Å². The van der Waals surface area contributed by atoms with Crippen LogP contribution in [0.15, 0.2) is 0 Å². The zero-order chi connectivity index (χ0) is 11.5. The number of nitrogens with zero attached hydrogens (tertiary/aromatic N) is 1. The molecule has 1 aliphatic carbocycles. The van der Waals surface area contributed by atoms with Crippen LogP contribution in [-0.4, -0.2) is 43.8 Å². The second kappa shape index (κ2) is 5.13. The number of halogens is 1. The van der Waals surface area contributed by atoms with Crippen LogP contribution in [0.25, 0.3) is 0 Å². The van der Waals surface area contributed by atoms with Gasteiger partial charge < -0.3 is 4.74 Å². The van der Waals surface area contributed by atoms with Crippen LogP contribution in [0, 0.1) is 0 Å². The Balaban J connectivity index is 2.67. The predicted octanol–water partition coefficient (Wildman–Crippen LogP) is 0.447. The third kappa shape index (κ3) is 3.62. The van der Waals surface area contributed by atoms with Gasteiger partial charge in [-0.25, -0.2) is 9.52 Å². The molecule has 1 N–H and O–H groups in total. The van der Waals surface area contributed by atoms with Crippen molar-refractivity contribution < 1.29 is 17.9 Å². The molecule has 0 aliphatic heterocycles. The van der Waals surface area contributed by atoms with Crippen LogP contribution in [0.4, 0.5) is 4.79 Å². The van der Waals surface area contributed by atoms with E-state index in [0.29, 0.717) is 11.9 Å². The molecule has 0 bridgehead atoms. The minimum atomic E-state index is -3.75. The Kier molecular flexibility index (Phi) is 4.35. The van der Waals surface area contributed by atoms with E-state index in [1.807, 2.05) is 4.72 Å². The van der Waals surface area contributed by atoms with E-state index in [4.69, 9.17) is 0 Å². The van der Waals surface area contributed by atoms with Gasteiger partial charge in [-0.1, -0.05) is 15.9 Å². The van der Waals surface area contributed by atoms with Crippen molar-refractivity contribution in [3.8, 4) is 0 Å². The summed E-state index contributed by atoms with van der Waals surface area (Å²) in [6.07, 6.45) is 0.722. The van der Waals surface area contributed by atoms with Gasteiger partial charge in [0.1, 0.15) is 0 Å². The molecule has 0 radical (unpaired) electrons. The summed E-state index contributed by atoms with van der Waals surface area (Å²) in [5.74, 6) is 0. The molecule has 1 fully saturated rings. The summed E-state index contributed by atoms with van der Waals surface area (Å²) in [6.45, 7) is 0.344. The average molecular weight is 301 g/mol. The number of carbonyl (C=O) groups is 1. The zero-order valence-corrected chi connectivity index (χ0v) is 10.7. The molecular formula is C7H13BrN2O4S. The van der Waals surface area contributed by atoms with Crippen molar-refractivity contribution in [2.24, 2.45) is 0 Å². The lowest BCUT2D eigenvalue weighted by Gasteiger charge is -2.20. The van der Waals surface area contributed by atoms with Gasteiger partial charge in [0, 0.05) is 17.9 Å². The van der Waals surface area contributed by atoms with Gasteiger partial charge >= 0.3 is 16.3 Å². The summed E-state index contributed by atoms with van der Waals surface area (Å²) in [6, 6.07) is 0.0182. The van der Waals surface area contributed by atoms with Crippen molar-refractivity contribution in [1.29, 1.82) is 0 Å². The number of amides is 1. The highest BCUT2D eigenvalue weighted by atomic mass is 79.9. The summed E-state index contributed by atoms with van der Waals surface area (Å²) >= 11 is 3.17. The Hall–Kier alpha value is -0.340. The molecule has 88 valence electrons. The number of ether oxygens (including phenoxy) is 1. The van der Waals surface area contributed by atoms with E-state index in [-0.39, 0.29) is 6.04 Å². The van der Waals surface area contributed by atoms with E-state index in [1.165, 1.54) is 4.31 Å². The van der Waals surface area contributed by atoms with Crippen LogP contribution in [0.3, 0.4) is 0 Å². The monoisotopic (exact) mass is 300 g/mol. The molecule has 0 aromatic carbocycles. The fraction of sp³-hybridized carbons (Fsp3) is 0.857. The normalized spacial score (nSPS) is 16.5. The van der Waals surface area contributed by atoms with E-state index in [0.717, 1.165) is 20.0 Å². The largest absolute Gasteiger partial charge is 0.452 e. The quantitative estimate of drug-likeness (QED) is 0.748. The maximum absolute atomic E-state index is 11.7. The second-order valence-corrected chi connectivity index (χ2v) is 5.55. The van der Waals surface area contributed by atoms with Gasteiger partial charge in [-0.3, -0.25) is 0 Å². The maximum atomic E-state index is 11.7. The van der Waals surface area contributed by atoms with Crippen LogP contribution in [0.1, 0.15) is 12.8 Å². The fourth-order valence-electron chi connectivity index (χ4n) is 1.15. The number of carbonyl (C=O) groups excluding carboxylic acids is 1. The molecule has 0 spiro atoms. The molecule has 1 saturated carbocycles. The number of hydrogen-bond donors (Lipinski definition) is 1. The molecule has 0 heterocycles. The van der Waals surface area contributed by atoms with Crippen molar-refractivity contribution in [2.45, 2.75) is 18.9 Å². The molecule has 0 unspecified atom stereocenters. The van der Waals surface area contributed by atoms with Crippen LogP contribution in [0.5, 0.6) is 0 Å². The first-order valence-electron chi connectivity index (χ1n) is 4.44. The van der Waals surface area contributed by atoms with Crippen LogP contribution >= 0.6 is 15.9 Å². The number of nitrogens with one attached hydrogen (secondary N) is 1. The highest BCUT2D eigenvalue weighted by Gasteiger charge is 2.37. The smallest absolute Gasteiger partial charge is 0.421 e. The lowest BCUT2D eigenvalue weighted by molar-refractivity contribution is 0.177. The number of rotatable bonds is 5. The third-order valence-electron chi connectivity index (χ3n) is 1.97. The van der Waals surface area contributed by atoms with Gasteiger partial charge in [-0.05, 0) is 12.8 Å². The Labute approximate surface area is 97.3 Å². The molecule has 1 aliphatic rings.